The molecule has 6 nitrogen and oxygen atoms in total. The van der Waals surface area contributed by atoms with Gasteiger partial charge in [0.05, 0.1) is 5.92 Å². The summed E-state index contributed by atoms with van der Waals surface area (Å²) in [6.07, 6.45) is 1.66. The van der Waals surface area contributed by atoms with Crippen LogP contribution in [0.5, 0.6) is 0 Å². The average Bonchev–Trinajstić information content (AvgIpc) is 2.78. The number of carbonyl (C=O) groups excluding carboxylic acids is 3. The number of nitrogens with one attached hydrogen (secondary N) is 1. The zero-order valence-corrected chi connectivity index (χ0v) is 16.7. The quantitative estimate of drug-likeness (QED) is 0.710. The van der Waals surface area contributed by atoms with Crippen molar-refractivity contribution in [3.8, 4) is 0 Å². The first kappa shape index (κ1) is 21.5. The fourth-order valence-electron chi connectivity index (χ4n) is 3.39. The number of hydrogen-bond donors (Lipinski definition) is 1. The van der Waals surface area contributed by atoms with Crippen molar-refractivity contribution in [2.75, 3.05) is 26.2 Å². The van der Waals surface area contributed by atoms with E-state index in [1.165, 1.54) is 24.3 Å². The normalized spacial score (nSPS) is 14.2. The number of hydrogen-bond acceptors (Lipinski definition) is 4. The van der Waals surface area contributed by atoms with E-state index in [-0.39, 0.29) is 24.3 Å². The van der Waals surface area contributed by atoms with Crippen LogP contribution < -0.4 is 5.32 Å². The fourth-order valence-corrected chi connectivity index (χ4v) is 3.39. The number of esters is 1. The van der Waals surface area contributed by atoms with Crippen molar-refractivity contribution in [3.63, 3.8) is 0 Å². The van der Waals surface area contributed by atoms with Crippen LogP contribution in [0.4, 0.5) is 4.39 Å². The van der Waals surface area contributed by atoms with Crippen molar-refractivity contribution in [2.45, 2.75) is 19.3 Å². The van der Waals surface area contributed by atoms with Crippen molar-refractivity contribution >= 4 is 17.8 Å². The van der Waals surface area contributed by atoms with Gasteiger partial charge in [-0.15, -0.1) is 0 Å². The number of benzene rings is 2. The highest BCUT2D eigenvalue weighted by Crippen LogP contribution is 2.20. The molecule has 1 fully saturated rings. The van der Waals surface area contributed by atoms with Crippen molar-refractivity contribution in [3.05, 3.63) is 71.5 Å². The highest BCUT2D eigenvalue weighted by atomic mass is 19.1. The Balaban J connectivity index is 1.35. The molecule has 0 aromatic heterocycles. The molecule has 30 heavy (non-hydrogen) atoms. The van der Waals surface area contributed by atoms with Crippen LogP contribution in [0.3, 0.4) is 0 Å². The van der Waals surface area contributed by atoms with Crippen molar-refractivity contribution < 1.29 is 23.5 Å². The van der Waals surface area contributed by atoms with Crippen LogP contribution in [0, 0.1) is 11.7 Å². The molecule has 0 unspecified atom stereocenters. The maximum Gasteiger partial charge on any atom is 0.309 e. The number of likely N-dealkylation sites (tertiary alicyclic amines) is 1. The summed E-state index contributed by atoms with van der Waals surface area (Å²) in [4.78, 5) is 38.2. The molecular formula is C23H25FN2O4. The van der Waals surface area contributed by atoms with E-state index in [0.717, 1.165) is 5.56 Å². The summed E-state index contributed by atoms with van der Waals surface area (Å²) >= 11 is 0. The molecule has 1 saturated heterocycles. The van der Waals surface area contributed by atoms with Crippen LogP contribution in [0.25, 0.3) is 0 Å². The number of halogens is 1. The lowest BCUT2D eigenvalue weighted by atomic mass is 9.96. The molecule has 0 spiro atoms. The molecule has 0 atom stereocenters. The average molecular weight is 412 g/mol. The predicted octanol–water partition coefficient (Wildman–Crippen LogP) is 2.58. The summed E-state index contributed by atoms with van der Waals surface area (Å²) in [6.45, 7) is 1.01. The highest BCUT2D eigenvalue weighted by molar-refractivity contribution is 5.94. The van der Waals surface area contributed by atoms with Crippen LogP contribution in [0.1, 0.15) is 28.8 Å². The third kappa shape index (κ3) is 6.14. The second kappa shape index (κ2) is 10.5. The van der Waals surface area contributed by atoms with Gasteiger partial charge in [0.15, 0.2) is 6.61 Å². The maximum absolute atomic E-state index is 13.0. The number of nitrogens with zero attached hydrogens (tertiary/aromatic N) is 1. The molecule has 2 aromatic carbocycles. The standard InChI is InChI=1S/C23H25FN2O4/c24-20-8-6-18(7-9-20)22(28)26-14-11-19(12-15-26)23(29)30-16-21(27)25-13-10-17-4-2-1-3-5-17/h1-9,19H,10-16H2,(H,25,27). The van der Waals surface area contributed by atoms with Crippen LogP contribution in [-0.2, 0) is 20.7 Å². The molecule has 3 rings (SSSR count). The van der Waals surface area contributed by atoms with Gasteiger partial charge >= 0.3 is 5.97 Å². The van der Waals surface area contributed by atoms with Crippen LogP contribution >= 0.6 is 0 Å². The molecule has 2 amide bonds. The van der Waals surface area contributed by atoms with Gasteiger partial charge in [0.25, 0.3) is 11.8 Å². The Hall–Kier alpha value is -3.22. The number of rotatable bonds is 7. The second-order valence-electron chi connectivity index (χ2n) is 7.27. The summed E-state index contributed by atoms with van der Waals surface area (Å²) in [5.74, 6) is -1.65. The first-order valence-corrected chi connectivity index (χ1v) is 10.0. The van der Waals surface area contributed by atoms with Gasteiger partial charge in [-0.05, 0) is 49.1 Å². The molecule has 7 heteroatoms. The topological polar surface area (TPSA) is 75.7 Å². The third-order valence-electron chi connectivity index (χ3n) is 5.13. The molecule has 2 aromatic rings. The van der Waals surface area contributed by atoms with Crippen molar-refractivity contribution in [2.24, 2.45) is 5.92 Å². The van der Waals surface area contributed by atoms with E-state index in [4.69, 9.17) is 4.74 Å². The number of piperidine rings is 1. The lowest BCUT2D eigenvalue weighted by Gasteiger charge is -2.31. The third-order valence-corrected chi connectivity index (χ3v) is 5.13. The molecule has 1 aliphatic heterocycles. The minimum absolute atomic E-state index is 0.181. The van der Waals surface area contributed by atoms with E-state index in [2.05, 4.69) is 5.32 Å². The Labute approximate surface area is 175 Å². The summed E-state index contributed by atoms with van der Waals surface area (Å²) in [5.41, 5.74) is 1.54. The zero-order valence-electron chi connectivity index (χ0n) is 16.7. The number of carbonyl (C=O) groups is 3. The summed E-state index contributed by atoms with van der Waals surface area (Å²) in [7, 11) is 0. The van der Waals surface area contributed by atoms with Crippen LogP contribution in [0.15, 0.2) is 54.6 Å². The first-order valence-electron chi connectivity index (χ1n) is 10.0. The Morgan fingerprint density at radius 3 is 2.33 bits per heavy atom. The van der Waals surface area contributed by atoms with E-state index >= 15 is 0 Å². The summed E-state index contributed by atoms with van der Waals surface area (Å²) < 4.78 is 18.1. The predicted molar refractivity (Wildman–Crippen MR) is 109 cm³/mol. The Bertz CT molecular complexity index is 863. The van der Waals surface area contributed by atoms with Gasteiger partial charge in [-0.2, -0.15) is 0 Å². The van der Waals surface area contributed by atoms with Gasteiger partial charge in [-0.1, -0.05) is 30.3 Å². The van der Waals surface area contributed by atoms with E-state index in [1.54, 1.807) is 4.90 Å². The van der Waals surface area contributed by atoms with E-state index in [0.29, 0.717) is 44.5 Å². The largest absolute Gasteiger partial charge is 0.455 e. The Kier molecular flexibility index (Phi) is 7.54. The monoisotopic (exact) mass is 412 g/mol. The van der Waals surface area contributed by atoms with Crippen LogP contribution in [0.2, 0.25) is 0 Å². The first-order chi connectivity index (χ1) is 14.5. The molecule has 1 aliphatic rings. The molecular weight excluding hydrogens is 387 g/mol. The van der Waals surface area contributed by atoms with Gasteiger partial charge in [0.1, 0.15) is 5.82 Å². The minimum atomic E-state index is -0.415. The van der Waals surface area contributed by atoms with E-state index < -0.39 is 11.8 Å². The molecule has 0 radical (unpaired) electrons. The molecule has 1 heterocycles. The molecule has 1 N–H and O–H groups in total. The smallest absolute Gasteiger partial charge is 0.309 e. The Morgan fingerprint density at radius 2 is 1.67 bits per heavy atom. The lowest BCUT2D eigenvalue weighted by molar-refractivity contribution is -0.153. The maximum atomic E-state index is 13.0. The van der Waals surface area contributed by atoms with Crippen LogP contribution in [-0.4, -0.2) is 48.9 Å². The summed E-state index contributed by atoms with van der Waals surface area (Å²) in [6, 6.07) is 15.2. The summed E-state index contributed by atoms with van der Waals surface area (Å²) in [5, 5.41) is 2.74. The number of ether oxygens (including phenoxy) is 1. The zero-order chi connectivity index (χ0) is 21.3. The SMILES string of the molecule is O=C(COC(=O)C1CCN(C(=O)c2ccc(F)cc2)CC1)NCCc1ccccc1. The van der Waals surface area contributed by atoms with E-state index in [9.17, 15) is 18.8 Å². The van der Waals surface area contributed by atoms with Gasteiger partial charge in [0.2, 0.25) is 0 Å². The van der Waals surface area contributed by atoms with Gasteiger partial charge < -0.3 is 15.0 Å². The van der Waals surface area contributed by atoms with Gasteiger partial charge in [-0.25, -0.2) is 4.39 Å². The molecule has 0 aliphatic carbocycles. The lowest BCUT2D eigenvalue weighted by Crippen LogP contribution is -2.41. The molecule has 158 valence electrons. The van der Waals surface area contributed by atoms with Gasteiger partial charge in [0, 0.05) is 25.2 Å². The second-order valence-corrected chi connectivity index (χ2v) is 7.27. The van der Waals surface area contributed by atoms with Gasteiger partial charge in [-0.3, -0.25) is 14.4 Å². The highest BCUT2D eigenvalue weighted by Gasteiger charge is 2.29. The molecule has 0 saturated carbocycles. The minimum Gasteiger partial charge on any atom is -0.455 e. The Morgan fingerprint density at radius 1 is 1.00 bits per heavy atom. The molecule has 0 bridgehead atoms. The van der Waals surface area contributed by atoms with Crippen molar-refractivity contribution in [1.29, 1.82) is 0 Å². The fraction of sp³-hybridized carbons (Fsp3) is 0.348. The van der Waals surface area contributed by atoms with E-state index in [1.807, 2.05) is 30.3 Å². The van der Waals surface area contributed by atoms with Crippen molar-refractivity contribution in [1.82, 2.24) is 10.2 Å². The number of amides is 2.